The maximum Gasteiger partial charge on any atom is 0.346 e. The molecule has 0 aliphatic carbocycles. The second-order valence-electron chi connectivity index (χ2n) is 6.91. The minimum atomic E-state index is -3.01. The lowest BCUT2D eigenvalue weighted by atomic mass is 10.1. The summed E-state index contributed by atoms with van der Waals surface area (Å²) in [5.41, 5.74) is -0.313. The Kier molecular flexibility index (Phi) is 8.12. The maximum absolute atomic E-state index is 13.0. The van der Waals surface area contributed by atoms with E-state index in [9.17, 15) is 18.7 Å². The zero-order valence-corrected chi connectivity index (χ0v) is 16.7. The number of carbonyl (C=O) groups is 1. The summed E-state index contributed by atoms with van der Waals surface area (Å²) in [7, 11) is 0. The van der Waals surface area contributed by atoms with Gasteiger partial charge in [0.1, 0.15) is 17.7 Å². The molecule has 2 N–H and O–H groups in total. The van der Waals surface area contributed by atoms with Gasteiger partial charge in [-0.05, 0) is 38.6 Å². The van der Waals surface area contributed by atoms with Gasteiger partial charge >= 0.3 is 6.61 Å². The molecule has 1 amide bonds. The third kappa shape index (κ3) is 7.12. The third-order valence-corrected chi connectivity index (χ3v) is 4.22. The minimum absolute atomic E-state index is 0.110. The van der Waals surface area contributed by atoms with Crippen molar-refractivity contribution in [3.8, 4) is 0 Å². The van der Waals surface area contributed by atoms with Crippen LogP contribution in [0.1, 0.15) is 42.6 Å². The molecule has 1 heterocycles. The number of halogens is 2. The molecular weight excluding hydrogens is 382 g/mol. The average Bonchev–Trinajstić information content (AvgIpc) is 2.69. The zero-order valence-electron chi connectivity index (χ0n) is 16.7. The van der Waals surface area contributed by atoms with Gasteiger partial charge in [0.15, 0.2) is 0 Å². The Balaban J connectivity index is 2.11. The summed E-state index contributed by atoms with van der Waals surface area (Å²) in [6, 6.07) is 10.1. The summed E-state index contributed by atoms with van der Waals surface area (Å²) in [6.45, 7) is 2.29. The Labute approximate surface area is 168 Å². The van der Waals surface area contributed by atoms with Crippen LogP contribution < -0.4 is 5.32 Å². The molecule has 0 spiro atoms. The highest BCUT2D eigenvalue weighted by molar-refractivity contribution is 5.94. The highest BCUT2D eigenvalue weighted by atomic mass is 19.3. The van der Waals surface area contributed by atoms with Crippen LogP contribution in [0.5, 0.6) is 0 Å². The predicted octanol–water partition coefficient (Wildman–Crippen LogP) is 2.52. The molecule has 1 unspecified atom stereocenters. The summed E-state index contributed by atoms with van der Waals surface area (Å²) in [5, 5.41) is 12.7. The summed E-state index contributed by atoms with van der Waals surface area (Å²) >= 11 is 0. The molecule has 0 bridgehead atoms. The first-order valence-corrected chi connectivity index (χ1v) is 9.26. The maximum atomic E-state index is 13.0. The van der Waals surface area contributed by atoms with E-state index in [1.807, 2.05) is 0 Å². The number of benzene rings is 1. The number of ether oxygens (including phenoxy) is 1. The fourth-order valence-corrected chi connectivity index (χ4v) is 2.67. The number of amides is 1. The smallest absolute Gasteiger partial charge is 0.346 e. The quantitative estimate of drug-likeness (QED) is 0.588. The number of nitrogens with one attached hydrogen (secondary N) is 1. The van der Waals surface area contributed by atoms with Gasteiger partial charge in [-0.15, -0.1) is 0 Å². The molecule has 0 aliphatic heterocycles. The van der Waals surface area contributed by atoms with Crippen molar-refractivity contribution in [2.75, 3.05) is 13.1 Å². The Morgan fingerprint density at radius 3 is 2.55 bits per heavy atom. The molecule has 0 fully saturated rings. The lowest BCUT2D eigenvalue weighted by Crippen LogP contribution is -2.46. The summed E-state index contributed by atoms with van der Waals surface area (Å²) in [6.07, 6.45) is 0.422. The fourth-order valence-electron chi connectivity index (χ4n) is 2.67. The van der Waals surface area contributed by atoms with E-state index in [2.05, 4.69) is 15.3 Å². The molecule has 9 heteroatoms. The van der Waals surface area contributed by atoms with Crippen LogP contribution in [0.3, 0.4) is 0 Å². The normalized spacial score (nSPS) is 13.0. The van der Waals surface area contributed by atoms with Crippen LogP contribution in [-0.2, 0) is 16.9 Å². The van der Waals surface area contributed by atoms with E-state index in [0.29, 0.717) is 23.6 Å². The van der Waals surface area contributed by atoms with Crippen molar-refractivity contribution in [2.24, 2.45) is 0 Å². The summed E-state index contributed by atoms with van der Waals surface area (Å²) < 4.78 is 30.7. The zero-order chi connectivity index (χ0) is 21.4. The van der Waals surface area contributed by atoms with Crippen molar-refractivity contribution in [1.29, 1.82) is 0 Å². The first kappa shape index (κ1) is 22.8. The number of aromatic nitrogens is 2. The first-order chi connectivity index (χ1) is 13.7. The number of nitrogens with zero attached hydrogens (tertiary/aromatic N) is 3. The van der Waals surface area contributed by atoms with Gasteiger partial charge in [-0.25, -0.2) is 9.97 Å². The largest absolute Gasteiger partial charge is 0.384 e. The molecule has 7 nitrogen and oxygen atoms in total. The van der Waals surface area contributed by atoms with Gasteiger partial charge in [0, 0.05) is 11.8 Å². The number of hydrogen-bond acceptors (Lipinski definition) is 6. The lowest BCUT2D eigenvalue weighted by molar-refractivity contribution is -0.203. The van der Waals surface area contributed by atoms with Crippen molar-refractivity contribution in [3.63, 3.8) is 0 Å². The van der Waals surface area contributed by atoms with E-state index in [0.717, 1.165) is 0 Å². The monoisotopic (exact) mass is 408 g/mol. The predicted molar refractivity (Wildman–Crippen MR) is 103 cm³/mol. The molecule has 0 aliphatic rings. The topological polar surface area (TPSA) is 87.6 Å². The van der Waals surface area contributed by atoms with Crippen LogP contribution in [0.25, 0.3) is 0 Å². The minimum Gasteiger partial charge on any atom is -0.384 e. The van der Waals surface area contributed by atoms with Gasteiger partial charge in [0.2, 0.25) is 0 Å². The molecule has 1 aromatic heterocycles. The Bertz CT molecular complexity index is 785. The standard InChI is InChI=1S/C20H26F2N4O3/c1-4-26(13-16-23-11-10-15(25-16)20(2,3)28)17(29-19(21)22)12-24-18(27)14-8-6-5-7-9-14/h5-11,17,19,28H,4,12-13H2,1-3H3,(H,24,27). The number of hydrogen-bond donors (Lipinski definition) is 2. The highest BCUT2D eigenvalue weighted by Gasteiger charge is 2.25. The van der Waals surface area contributed by atoms with Crippen LogP contribution in [-0.4, -0.2) is 51.8 Å². The lowest BCUT2D eigenvalue weighted by Gasteiger charge is -2.30. The van der Waals surface area contributed by atoms with Crippen LogP contribution in [0, 0.1) is 0 Å². The Morgan fingerprint density at radius 1 is 1.28 bits per heavy atom. The van der Waals surface area contributed by atoms with E-state index < -0.39 is 18.4 Å². The number of alkyl halides is 2. The van der Waals surface area contributed by atoms with Gasteiger partial charge in [0.05, 0.1) is 18.8 Å². The summed E-state index contributed by atoms with van der Waals surface area (Å²) in [4.78, 5) is 22.3. The van der Waals surface area contributed by atoms with E-state index in [4.69, 9.17) is 4.74 Å². The van der Waals surface area contributed by atoms with Crippen molar-refractivity contribution < 1.29 is 23.4 Å². The number of aliphatic hydroxyl groups is 1. The van der Waals surface area contributed by atoms with Crippen LogP contribution in [0.2, 0.25) is 0 Å². The fraction of sp³-hybridized carbons (Fsp3) is 0.450. The van der Waals surface area contributed by atoms with Crippen molar-refractivity contribution in [3.05, 3.63) is 59.7 Å². The van der Waals surface area contributed by atoms with Gasteiger partial charge in [-0.1, -0.05) is 25.1 Å². The molecule has 0 saturated heterocycles. The molecule has 2 aromatic rings. The first-order valence-electron chi connectivity index (χ1n) is 9.26. The molecule has 1 atom stereocenters. The van der Waals surface area contributed by atoms with Crippen LogP contribution in [0.15, 0.2) is 42.6 Å². The molecule has 0 saturated carbocycles. The molecule has 1 aromatic carbocycles. The van der Waals surface area contributed by atoms with E-state index >= 15 is 0 Å². The van der Waals surface area contributed by atoms with Gasteiger partial charge in [0.25, 0.3) is 5.91 Å². The number of likely N-dealkylation sites (N-methyl/N-ethyl adjacent to an activating group) is 1. The highest BCUT2D eigenvalue weighted by Crippen LogP contribution is 2.17. The third-order valence-electron chi connectivity index (χ3n) is 4.22. The molecular formula is C20H26F2N4O3. The number of carbonyl (C=O) groups excluding carboxylic acids is 1. The van der Waals surface area contributed by atoms with Gasteiger partial charge in [-0.3, -0.25) is 9.69 Å². The van der Waals surface area contributed by atoms with E-state index in [1.54, 1.807) is 62.1 Å². The molecule has 29 heavy (non-hydrogen) atoms. The average molecular weight is 408 g/mol. The second-order valence-corrected chi connectivity index (χ2v) is 6.91. The Hall–Kier alpha value is -2.49. The summed E-state index contributed by atoms with van der Waals surface area (Å²) in [5.74, 6) is -0.0338. The van der Waals surface area contributed by atoms with Crippen LogP contribution >= 0.6 is 0 Å². The Morgan fingerprint density at radius 2 is 1.97 bits per heavy atom. The molecule has 2 rings (SSSR count). The van der Waals surface area contributed by atoms with Crippen molar-refractivity contribution >= 4 is 5.91 Å². The van der Waals surface area contributed by atoms with E-state index in [-0.39, 0.29) is 19.0 Å². The van der Waals surface area contributed by atoms with Crippen LogP contribution in [0.4, 0.5) is 8.78 Å². The van der Waals surface area contributed by atoms with Crippen molar-refractivity contribution in [1.82, 2.24) is 20.2 Å². The number of rotatable bonds is 10. The van der Waals surface area contributed by atoms with Gasteiger partial charge < -0.3 is 15.2 Å². The molecule has 158 valence electrons. The van der Waals surface area contributed by atoms with Gasteiger partial charge in [-0.2, -0.15) is 8.78 Å². The van der Waals surface area contributed by atoms with Crippen molar-refractivity contribution in [2.45, 2.75) is 45.8 Å². The van der Waals surface area contributed by atoms with E-state index in [1.165, 1.54) is 6.20 Å². The SMILES string of the molecule is CCN(Cc1nccc(C(C)(C)O)n1)C(CNC(=O)c1ccccc1)OC(F)F. The molecule has 0 radical (unpaired) electrons. The second kappa shape index (κ2) is 10.3.